The highest BCUT2D eigenvalue weighted by Crippen LogP contribution is 2.34. The van der Waals surface area contributed by atoms with E-state index in [1.807, 2.05) is 56.0 Å². The molecule has 0 aliphatic carbocycles. The molecule has 1 unspecified atom stereocenters. The molecule has 0 radical (unpaired) electrons. The Morgan fingerprint density at radius 2 is 1.70 bits per heavy atom. The van der Waals surface area contributed by atoms with Crippen LogP contribution in [0.15, 0.2) is 65.3 Å². The zero-order valence-corrected chi connectivity index (χ0v) is 18.9. The summed E-state index contributed by atoms with van der Waals surface area (Å²) >= 11 is 0. The van der Waals surface area contributed by atoms with Crippen LogP contribution in [0.25, 0.3) is 0 Å². The van der Waals surface area contributed by atoms with Gasteiger partial charge in [0.2, 0.25) is 5.89 Å². The van der Waals surface area contributed by atoms with Crippen molar-refractivity contribution in [2.24, 2.45) is 5.92 Å². The predicted molar refractivity (Wildman–Crippen MR) is 119 cm³/mol. The molecule has 5 nitrogen and oxygen atoms in total. The van der Waals surface area contributed by atoms with Crippen LogP contribution in [0.3, 0.4) is 0 Å². The molecule has 1 N–H and O–H groups in total. The van der Waals surface area contributed by atoms with Crippen LogP contribution in [-0.4, -0.2) is 22.3 Å². The molecule has 8 heteroatoms. The number of hydrogen-bond acceptors (Lipinski definition) is 4. The Hall–Kier alpha value is -3.13. The summed E-state index contributed by atoms with van der Waals surface area (Å²) in [6.07, 6.45) is -3.18. The summed E-state index contributed by atoms with van der Waals surface area (Å²) < 4.78 is 46.2. The summed E-state index contributed by atoms with van der Waals surface area (Å²) in [4.78, 5) is 18.4. The van der Waals surface area contributed by atoms with Crippen LogP contribution in [0.5, 0.6) is 0 Å². The molecule has 0 aliphatic heterocycles. The molecule has 1 aromatic heterocycles. The summed E-state index contributed by atoms with van der Waals surface area (Å²) in [5.41, 5.74) is 0.586. The Morgan fingerprint density at radius 3 is 2.36 bits per heavy atom. The minimum Gasteiger partial charge on any atom is -0.447 e. The van der Waals surface area contributed by atoms with Gasteiger partial charge in [0.15, 0.2) is 5.69 Å². The number of aromatic nitrogens is 1. The monoisotopic (exact) mass is 459 g/mol. The van der Waals surface area contributed by atoms with Crippen molar-refractivity contribution in [3.8, 4) is 0 Å². The fourth-order valence-electron chi connectivity index (χ4n) is 3.47. The Labute approximate surface area is 191 Å². The highest BCUT2D eigenvalue weighted by Gasteiger charge is 2.34. The fraction of sp³-hybridized carbons (Fsp3) is 0.360. The molecular weight excluding hydrogens is 431 g/mol. The van der Waals surface area contributed by atoms with E-state index in [4.69, 9.17) is 4.42 Å². The number of carbonyl (C=O) groups excluding carboxylic acids is 1. The maximum Gasteiger partial charge on any atom is 0.416 e. The zero-order valence-electron chi connectivity index (χ0n) is 18.9. The van der Waals surface area contributed by atoms with E-state index in [9.17, 15) is 18.0 Å². The van der Waals surface area contributed by atoms with E-state index in [0.29, 0.717) is 6.54 Å². The van der Waals surface area contributed by atoms with Crippen LogP contribution < -0.4 is 5.32 Å². The minimum absolute atomic E-state index is 0.0308. The third-order valence-corrected chi connectivity index (χ3v) is 5.32. The summed E-state index contributed by atoms with van der Waals surface area (Å²) in [6.45, 7) is 6.56. The second-order valence-electron chi connectivity index (χ2n) is 8.38. The van der Waals surface area contributed by atoms with Crippen molar-refractivity contribution in [3.63, 3.8) is 0 Å². The van der Waals surface area contributed by atoms with Crippen LogP contribution in [0, 0.1) is 5.92 Å². The van der Waals surface area contributed by atoms with Crippen molar-refractivity contribution in [1.82, 2.24) is 15.2 Å². The Kier molecular flexibility index (Phi) is 7.92. The summed E-state index contributed by atoms with van der Waals surface area (Å²) in [6, 6.07) is 14.8. The lowest BCUT2D eigenvalue weighted by atomic mass is 10.0. The lowest BCUT2D eigenvalue weighted by molar-refractivity contribution is -0.138. The molecule has 2 aromatic carbocycles. The van der Waals surface area contributed by atoms with Crippen molar-refractivity contribution >= 4 is 5.91 Å². The first kappa shape index (κ1) is 24.5. The topological polar surface area (TPSA) is 58.4 Å². The second-order valence-corrected chi connectivity index (χ2v) is 8.38. The molecule has 33 heavy (non-hydrogen) atoms. The van der Waals surface area contributed by atoms with E-state index >= 15 is 0 Å². The van der Waals surface area contributed by atoms with Gasteiger partial charge in [-0.15, -0.1) is 0 Å². The van der Waals surface area contributed by atoms with Gasteiger partial charge in [-0.05, 0) is 30.0 Å². The maximum atomic E-state index is 13.6. The number of oxazole rings is 1. The van der Waals surface area contributed by atoms with E-state index in [0.717, 1.165) is 11.6 Å². The van der Waals surface area contributed by atoms with Crippen LogP contribution in [0.1, 0.15) is 59.9 Å². The van der Waals surface area contributed by atoms with Gasteiger partial charge < -0.3 is 9.73 Å². The standard InChI is InChI=1S/C25H28F3N3O2/c1-17(2)13-29-24(32)22-16-33-23(30-22)15-31(18(3)19-9-5-4-6-10-19)14-20-11-7-8-12-21(20)25(26,27)28/h4-12,16-18H,13-15H2,1-3H3,(H,29,32). The van der Waals surface area contributed by atoms with E-state index in [1.54, 1.807) is 6.07 Å². The molecule has 1 amide bonds. The van der Waals surface area contributed by atoms with Crippen LogP contribution in [-0.2, 0) is 19.3 Å². The molecule has 3 aromatic rings. The molecule has 0 saturated heterocycles. The predicted octanol–water partition coefficient (Wildman–Crippen LogP) is 5.84. The highest BCUT2D eigenvalue weighted by atomic mass is 19.4. The van der Waals surface area contributed by atoms with Gasteiger partial charge in [-0.2, -0.15) is 13.2 Å². The van der Waals surface area contributed by atoms with E-state index < -0.39 is 11.7 Å². The van der Waals surface area contributed by atoms with Gasteiger partial charge >= 0.3 is 6.18 Å². The minimum atomic E-state index is -4.46. The lowest BCUT2D eigenvalue weighted by Crippen LogP contribution is -2.28. The van der Waals surface area contributed by atoms with Gasteiger partial charge in [-0.3, -0.25) is 9.69 Å². The first-order valence-corrected chi connectivity index (χ1v) is 10.8. The molecule has 1 heterocycles. The largest absolute Gasteiger partial charge is 0.447 e. The Morgan fingerprint density at radius 1 is 1.03 bits per heavy atom. The van der Waals surface area contributed by atoms with Crippen molar-refractivity contribution in [3.05, 3.63) is 89.1 Å². The molecule has 1 atom stereocenters. The van der Waals surface area contributed by atoms with Crippen molar-refractivity contribution in [1.29, 1.82) is 0 Å². The van der Waals surface area contributed by atoms with Gasteiger partial charge in [-0.1, -0.05) is 62.4 Å². The lowest BCUT2D eigenvalue weighted by Gasteiger charge is -2.29. The van der Waals surface area contributed by atoms with E-state index in [1.165, 1.54) is 18.4 Å². The molecule has 0 spiro atoms. The van der Waals surface area contributed by atoms with Crippen LogP contribution in [0.2, 0.25) is 0 Å². The van der Waals surface area contributed by atoms with Crippen molar-refractivity contribution in [2.45, 2.75) is 46.1 Å². The average molecular weight is 460 g/mol. The molecular formula is C25H28F3N3O2. The Balaban J connectivity index is 1.86. The number of alkyl halides is 3. The first-order chi connectivity index (χ1) is 15.6. The number of nitrogens with one attached hydrogen (secondary N) is 1. The number of halogens is 3. The third-order valence-electron chi connectivity index (χ3n) is 5.32. The number of amides is 1. The Bertz CT molecular complexity index is 1050. The molecule has 0 saturated carbocycles. The highest BCUT2D eigenvalue weighted by molar-refractivity contribution is 5.91. The molecule has 0 aliphatic rings. The van der Waals surface area contributed by atoms with Gasteiger partial charge in [0.25, 0.3) is 5.91 Å². The van der Waals surface area contributed by atoms with E-state index in [2.05, 4.69) is 10.3 Å². The SMILES string of the molecule is CC(C)CNC(=O)c1coc(CN(Cc2ccccc2C(F)(F)F)C(C)c2ccccc2)n1. The number of benzene rings is 2. The van der Waals surface area contributed by atoms with Gasteiger partial charge in [-0.25, -0.2) is 4.98 Å². The van der Waals surface area contributed by atoms with E-state index in [-0.39, 0.29) is 48.1 Å². The molecule has 0 bridgehead atoms. The quantitative estimate of drug-likeness (QED) is 0.437. The smallest absolute Gasteiger partial charge is 0.416 e. The second kappa shape index (κ2) is 10.7. The summed E-state index contributed by atoms with van der Waals surface area (Å²) in [7, 11) is 0. The van der Waals surface area contributed by atoms with Gasteiger partial charge in [0, 0.05) is 19.1 Å². The zero-order chi connectivity index (χ0) is 24.0. The molecule has 3 rings (SSSR count). The summed E-state index contributed by atoms with van der Waals surface area (Å²) in [5, 5.41) is 2.78. The number of rotatable bonds is 9. The van der Waals surface area contributed by atoms with Crippen LogP contribution in [0.4, 0.5) is 13.2 Å². The number of nitrogens with zero attached hydrogens (tertiary/aromatic N) is 2. The number of hydrogen-bond donors (Lipinski definition) is 1. The van der Waals surface area contributed by atoms with Gasteiger partial charge in [0.1, 0.15) is 6.26 Å². The first-order valence-electron chi connectivity index (χ1n) is 10.8. The summed E-state index contributed by atoms with van der Waals surface area (Å²) in [5.74, 6) is 0.206. The maximum absolute atomic E-state index is 13.6. The van der Waals surface area contributed by atoms with Gasteiger partial charge in [0.05, 0.1) is 12.1 Å². The fourth-order valence-corrected chi connectivity index (χ4v) is 3.47. The third kappa shape index (κ3) is 6.68. The molecule has 0 fully saturated rings. The average Bonchev–Trinajstić information content (AvgIpc) is 3.25. The number of carbonyl (C=O) groups is 1. The van der Waals surface area contributed by atoms with Crippen LogP contribution >= 0.6 is 0 Å². The van der Waals surface area contributed by atoms with Crippen molar-refractivity contribution in [2.75, 3.05) is 6.54 Å². The molecule has 176 valence electrons. The normalized spacial score (nSPS) is 12.8. The van der Waals surface area contributed by atoms with Crippen molar-refractivity contribution < 1.29 is 22.4 Å².